The molecule has 0 aliphatic carbocycles. The monoisotopic (exact) mass is 325 g/mol. The summed E-state index contributed by atoms with van der Waals surface area (Å²) in [7, 11) is 0. The van der Waals surface area contributed by atoms with Gasteiger partial charge in [0.2, 0.25) is 5.91 Å². The fraction of sp³-hybridized carbons (Fsp3) is 0.316. The Hall–Kier alpha value is -2.37. The van der Waals surface area contributed by atoms with E-state index in [1.807, 2.05) is 51.1 Å². The van der Waals surface area contributed by atoms with Crippen LogP contribution in [0.25, 0.3) is 0 Å². The molecule has 2 aromatic carbocycles. The van der Waals surface area contributed by atoms with E-state index < -0.39 is 0 Å². The number of hydrogen-bond donors (Lipinski definition) is 4. The van der Waals surface area contributed by atoms with Crippen LogP contribution >= 0.6 is 0 Å². The lowest BCUT2D eigenvalue weighted by Gasteiger charge is -2.13. The molecular weight excluding hydrogens is 302 g/mol. The van der Waals surface area contributed by atoms with Crippen LogP contribution in [0.1, 0.15) is 34.7 Å². The van der Waals surface area contributed by atoms with Crippen LogP contribution < -0.4 is 16.2 Å². The first-order chi connectivity index (χ1) is 11.4. The van der Waals surface area contributed by atoms with Gasteiger partial charge in [0.05, 0.1) is 6.04 Å². The Morgan fingerprint density at radius 3 is 2.62 bits per heavy atom. The Labute approximate surface area is 142 Å². The van der Waals surface area contributed by atoms with Crippen molar-refractivity contribution in [2.75, 3.05) is 5.32 Å². The molecule has 24 heavy (non-hydrogen) atoms. The number of benzene rings is 2. The molecule has 126 valence electrons. The van der Waals surface area contributed by atoms with Gasteiger partial charge in [-0.05, 0) is 56.5 Å². The van der Waals surface area contributed by atoms with Crippen LogP contribution in [0, 0.1) is 20.8 Å². The number of carbonyl (C=O) groups is 1. The van der Waals surface area contributed by atoms with Gasteiger partial charge in [0.15, 0.2) is 0 Å². The average molecular weight is 325 g/mol. The number of hydrazine groups is 1. The molecule has 1 fully saturated rings. The number of anilines is 1. The van der Waals surface area contributed by atoms with Crippen molar-refractivity contribution >= 4 is 11.6 Å². The molecule has 2 atom stereocenters. The van der Waals surface area contributed by atoms with Gasteiger partial charge >= 0.3 is 0 Å². The van der Waals surface area contributed by atoms with Gasteiger partial charge in [0.1, 0.15) is 11.8 Å². The van der Waals surface area contributed by atoms with Gasteiger partial charge in [0.25, 0.3) is 0 Å². The molecule has 1 amide bonds. The van der Waals surface area contributed by atoms with Crippen molar-refractivity contribution in [3.63, 3.8) is 0 Å². The lowest BCUT2D eigenvalue weighted by atomic mass is 9.99. The van der Waals surface area contributed by atoms with E-state index in [9.17, 15) is 9.90 Å². The molecule has 1 heterocycles. The standard InChI is InChI=1S/C19H23N3O2/c1-11-4-7-18(23)15(8-11)16-10-17(22-21-16)19(24)20-14-6-5-12(2)13(3)9-14/h4-9,16-17,21-23H,10H2,1-3H3,(H,20,24). The van der Waals surface area contributed by atoms with E-state index in [0.29, 0.717) is 6.42 Å². The summed E-state index contributed by atoms with van der Waals surface area (Å²) >= 11 is 0. The maximum absolute atomic E-state index is 12.5. The predicted molar refractivity (Wildman–Crippen MR) is 94.8 cm³/mol. The molecule has 0 radical (unpaired) electrons. The highest BCUT2D eigenvalue weighted by molar-refractivity contribution is 5.95. The van der Waals surface area contributed by atoms with Crippen molar-refractivity contribution in [1.29, 1.82) is 0 Å². The van der Waals surface area contributed by atoms with Gasteiger partial charge in [-0.3, -0.25) is 4.79 Å². The second-order valence-electron chi connectivity index (χ2n) is 6.48. The third-order valence-electron chi connectivity index (χ3n) is 4.55. The van der Waals surface area contributed by atoms with Gasteiger partial charge in [0, 0.05) is 11.3 Å². The SMILES string of the molecule is Cc1ccc(O)c(C2CC(C(=O)Nc3ccc(C)c(C)c3)NN2)c1. The molecule has 5 nitrogen and oxygen atoms in total. The number of nitrogens with one attached hydrogen (secondary N) is 3. The molecule has 2 aromatic rings. The Morgan fingerprint density at radius 2 is 1.88 bits per heavy atom. The average Bonchev–Trinajstić information content (AvgIpc) is 3.03. The normalized spacial score (nSPS) is 20.1. The van der Waals surface area contributed by atoms with E-state index in [2.05, 4.69) is 16.2 Å². The van der Waals surface area contributed by atoms with E-state index in [1.165, 1.54) is 5.56 Å². The third-order valence-corrected chi connectivity index (χ3v) is 4.55. The number of phenols is 1. The molecule has 1 aliphatic rings. The minimum Gasteiger partial charge on any atom is -0.508 e. The highest BCUT2D eigenvalue weighted by Crippen LogP contribution is 2.30. The fourth-order valence-electron chi connectivity index (χ4n) is 2.93. The molecule has 1 saturated heterocycles. The number of hydrogen-bond acceptors (Lipinski definition) is 4. The Morgan fingerprint density at radius 1 is 1.08 bits per heavy atom. The largest absolute Gasteiger partial charge is 0.508 e. The van der Waals surface area contributed by atoms with Gasteiger partial charge in [-0.15, -0.1) is 0 Å². The summed E-state index contributed by atoms with van der Waals surface area (Å²) in [5.74, 6) is 0.163. The van der Waals surface area contributed by atoms with Gasteiger partial charge in [-0.1, -0.05) is 23.8 Å². The maximum Gasteiger partial charge on any atom is 0.242 e. The Balaban J connectivity index is 1.67. The maximum atomic E-state index is 12.5. The van der Waals surface area contributed by atoms with Crippen molar-refractivity contribution in [3.8, 4) is 5.75 Å². The smallest absolute Gasteiger partial charge is 0.242 e. The number of carbonyl (C=O) groups excluding carboxylic acids is 1. The molecular formula is C19H23N3O2. The minimum absolute atomic E-state index is 0.0830. The molecule has 3 rings (SSSR count). The molecule has 0 spiro atoms. The number of aromatic hydroxyl groups is 1. The van der Waals surface area contributed by atoms with Gasteiger partial charge < -0.3 is 10.4 Å². The third kappa shape index (κ3) is 3.42. The molecule has 2 unspecified atom stereocenters. The summed E-state index contributed by atoms with van der Waals surface area (Å²) in [6.07, 6.45) is 0.577. The molecule has 0 aromatic heterocycles. The summed E-state index contributed by atoms with van der Waals surface area (Å²) < 4.78 is 0. The van der Waals surface area contributed by atoms with Crippen LogP contribution in [-0.4, -0.2) is 17.1 Å². The summed E-state index contributed by atoms with van der Waals surface area (Å²) in [6, 6.07) is 10.9. The van der Waals surface area contributed by atoms with Crippen LogP contribution in [0.2, 0.25) is 0 Å². The van der Waals surface area contributed by atoms with Crippen LogP contribution in [0.15, 0.2) is 36.4 Å². The van der Waals surface area contributed by atoms with Crippen molar-refractivity contribution in [3.05, 3.63) is 58.7 Å². The van der Waals surface area contributed by atoms with Crippen molar-refractivity contribution in [2.24, 2.45) is 0 Å². The van der Waals surface area contributed by atoms with Crippen molar-refractivity contribution in [1.82, 2.24) is 10.9 Å². The van der Waals surface area contributed by atoms with Crippen molar-refractivity contribution < 1.29 is 9.90 Å². The van der Waals surface area contributed by atoms with Crippen molar-refractivity contribution in [2.45, 2.75) is 39.3 Å². The Bertz CT molecular complexity index is 773. The van der Waals surface area contributed by atoms with E-state index in [-0.39, 0.29) is 23.7 Å². The number of rotatable bonds is 3. The van der Waals surface area contributed by atoms with E-state index in [4.69, 9.17) is 0 Å². The van der Waals surface area contributed by atoms with E-state index in [1.54, 1.807) is 6.07 Å². The second-order valence-corrected chi connectivity index (χ2v) is 6.48. The first-order valence-corrected chi connectivity index (χ1v) is 8.12. The fourth-order valence-corrected chi connectivity index (χ4v) is 2.93. The van der Waals surface area contributed by atoms with Crippen LogP contribution in [0.4, 0.5) is 5.69 Å². The topological polar surface area (TPSA) is 73.4 Å². The predicted octanol–water partition coefficient (Wildman–Crippen LogP) is 2.86. The highest BCUT2D eigenvalue weighted by atomic mass is 16.3. The van der Waals surface area contributed by atoms with E-state index >= 15 is 0 Å². The first kappa shape index (κ1) is 16.5. The number of amides is 1. The molecule has 5 heteroatoms. The first-order valence-electron chi connectivity index (χ1n) is 8.12. The van der Waals surface area contributed by atoms with Crippen LogP contribution in [-0.2, 0) is 4.79 Å². The number of aryl methyl sites for hydroxylation is 3. The summed E-state index contributed by atoms with van der Waals surface area (Å²) in [5, 5.41) is 13.0. The highest BCUT2D eigenvalue weighted by Gasteiger charge is 2.31. The molecule has 4 N–H and O–H groups in total. The molecule has 0 saturated carbocycles. The lowest BCUT2D eigenvalue weighted by molar-refractivity contribution is -0.117. The number of phenolic OH excluding ortho intramolecular Hbond substituents is 1. The Kier molecular flexibility index (Phi) is 4.55. The van der Waals surface area contributed by atoms with Crippen LogP contribution in [0.5, 0.6) is 5.75 Å². The van der Waals surface area contributed by atoms with Crippen LogP contribution in [0.3, 0.4) is 0 Å². The molecule has 0 bridgehead atoms. The summed E-state index contributed by atoms with van der Waals surface area (Å²) in [5.41, 5.74) is 11.2. The van der Waals surface area contributed by atoms with Gasteiger partial charge in [-0.25, -0.2) is 10.9 Å². The van der Waals surface area contributed by atoms with E-state index in [0.717, 1.165) is 22.4 Å². The zero-order valence-corrected chi connectivity index (χ0v) is 14.2. The summed E-state index contributed by atoms with van der Waals surface area (Å²) in [4.78, 5) is 12.5. The lowest BCUT2D eigenvalue weighted by Crippen LogP contribution is -2.39. The van der Waals surface area contributed by atoms with Gasteiger partial charge in [-0.2, -0.15) is 0 Å². The summed E-state index contributed by atoms with van der Waals surface area (Å²) in [6.45, 7) is 6.05. The second kappa shape index (κ2) is 6.63. The zero-order valence-electron chi connectivity index (χ0n) is 14.2. The quantitative estimate of drug-likeness (QED) is 0.700. The molecule has 1 aliphatic heterocycles. The minimum atomic E-state index is -0.350. The zero-order chi connectivity index (χ0) is 17.3.